The molecule has 3 heterocycles. The average Bonchev–Trinajstić information content (AvgIpc) is 3.38. The lowest BCUT2D eigenvalue weighted by Crippen LogP contribution is -2.64. The quantitative estimate of drug-likeness (QED) is 0.105. The second kappa shape index (κ2) is 16.0. The van der Waals surface area contributed by atoms with Gasteiger partial charge in [-0.2, -0.15) is 0 Å². The molecule has 47 heavy (non-hydrogen) atoms. The molecule has 3 aliphatic rings. The molecule has 3 aliphatic heterocycles. The Hall–Kier alpha value is -2.16. The number of hydrogen-bond donors (Lipinski definition) is 10. The Kier molecular flexibility index (Phi) is 12.3. The Labute approximate surface area is 270 Å². The van der Waals surface area contributed by atoms with E-state index in [1.807, 2.05) is 0 Å². The van der Waals surface area contributed by atoms with Gasteiger partial charge in [0.2, 0.25) is 0 Å². The summed E-state index contributed by atoms with van der Waals surface area (Å²) in [7, 11) is 0. The first kappa shape index (κ1) is 36.1. The van der Waals surface area contributed by atoms with Crippen molar-refractivity contribution in [2.45, 2.75) is 111 Å². The highest BCUT2D eigenvalue weighted by Crippen LogP contribution is 2.36. The van der Waals surface area contributed by atoms with E-state index in [1.165, 1.54) is 0 Å². The van der Waals surface area contributed by atoms with Gasteiger partial charge in [0.1, 0.15) is 97.7 Å². The van der Waals surface area contributed by atoms with E-state index in [-0.39, 0.29) is 13.2 Å². The molecule has 0 aliphatic carbocycles. The maximum absolute atomic E-state index is 11.3. The molecule has 10 N–H and O–H groups in total. The minimum atomic E-state index is -1.89. The Morgan fingerprint density at radius 1 is 0.489 bits per heavy atom. The van der Waals surface area contributed by atoms with Crippen molar-refractivity contribution in [3.8, 4) is 0 Å². The number of aliphatic hydroxyl groups is 10. The maximum Gasteiger partial charge on any atom is 0.115 e. The van der Waals surface area contributed by atoms with Gasteiger partial charge in [-0.25, -0.2) is 0 Å². The second-order valence-corrected chi connectivity index (χ2v) is 12.2. The second-order valence-electron chi connectivity index (χ2n) is 12.2. The number of benzene rings is 2. The van der Waals surface area contributed by atoms with E-state index in [0.717, 1.165) is 11.1 Å². The van der Waals surface area contributed by atoms with E-state index in [4.69, 9.17) is 23.7 Å². The van der Waals surface area contributed by atoms with Crippen molar-refractivity contribution in [3.05, 3.63) is 71.8 Å². The monoisotopic (exact) mass is 668 g/mol. The predicted octanol–water partition coefficient (Wildman–Crippen LogP) is -3.67. The van der Waals surface area contributed by atoms with Crippen LogP contribution in [0.2, 0.25) is 0 Å². The third kappa shape index (κ3) is 7.70. The van der Waals surface area contributed by atoms with E-state index in [0.29, 0.717) is 0 Å². The van der Waals surface area contributed by atoms with Crippen LogP contribution in [0.5, 0.6) is 0 Å². The van der Waals surface area contributed by atoms with Gasteiger partial charge in [-0.3, -0.25) is 0 Å². The summed E-state index contributed by atoms with van der Waals surface area (Å²) < 4.78 is 28.4. The van der Waals surface area contributed by atoms with Crippen LogP contribution in [-0.2, 0) is 36.9 Å². The SMILES string of the molecule is OC[C@@H]1O[C@@H](C(O)[C@H]2O[C@H](C(O)[C@@H]3O[C@@H](CO)[C@@H](O)[C@H](OCc4ccccc4)[C@H]3O)[C@@H](O)[C@@H]2O)[C@H](O)[C@@H](OCc2ccccc2)[C@@H]1O. The summed E-state index contributed by atoms with van der Waals surface area (Å²) in [6.45, 7) is -1.47. The van der Waals surface area contributed by atoms with Crippen LogP contribution in [0.15, 0.2) is 60.7 Å². The molecule has 0 spiro atoms. The summed E-state index contributed by atoms with van der Waals surface area (Å²) >= 11 is 0. The Morgan fingerprint density at radius 2 is 0.830 bits per heavy atom. The van der Waals surface area contributed by atoms with Crippen LogP contribution in [0, 0.1) is 0 Å². The van der Waals surface area contributed by atoms with Gasteiger partial charge < -0.3 is 74.7 Å². The molecule has 5 rings (SSSR count). The van der Waals surface area contributed by atoms with Gasteiger partial charge in [0.25, 0.3) is 0 Å². The number of aliphatic hydroxyl groups excluding tert-OH is 10. The standard InChI is InChI=1S/C32H44O15/c33-11-17-19(35)27(43-13-15-7-3-1-4-8-15)23(39)31(45-17)25(41)29-21(37)22(38)30(47-29)26(42)32-24(40)28(20(36)18(12-34)46-32)44-14-16-9-5-2-6-10-16/h1-10,17-42H,11-14H2/t17-,18-,19+,20+,21-,22-,23+,24+,25?,26?,27-,28-,29-,30-,31+,32+/m0/s1. The van der Waals surface area contributed by atoms with Crippen LogP contribution >= 0.6 is 0 Å². The summed E-state index contributed by atoms with van der Waals surface area (Å²) in [6.07, 6.45) is -25.7. The zero-order valence-corrected chi connectivity index (χ0v) is 25.4. The Morgan fingerprint density at radius 3 is 1.17 bits per heavy atom. The van der Waals surface area contributed by atoms with Crippen molar-refractivity contribution in [2.75, 3.05) is 13.2 Å². The molecule has 3 saturated heterocycles. The van der Waals surface area contributed by atoms with E-state index in [1.54, 1.807) is 60.7 Å². The molecule has 0 amide bonds. The summed E-state index contributed by atoms with van der Waals surface area (Å²) in [5.41, 5.74) is 1.45. The fraction of sp³-hybridized carbons (Fsp3) is 0.625. The Balaban J connectivity index is 1.28. The van der Waals surface area contributed by atoms with Gasteiger partial charge in [-0.1, -0.05) is 60.7 Å². The molecule has 2 aromatic rings. The van der Waals surface area contributed by atoms with Crippen LogP contribution in [0.1, 0.15) is 11.1 Å². The highest BCUT2D eigenvalue weighted by atomic mass is 16.6. The lowest BCUT2D eigenvalue weighted by molar-refractivity contribution is -0.280. The molecular formula is C32H44O15. The van der Waals surface area contributed by atoms with E-state index in [9.17, 15) is 51.1 Å². The first-order valence-corrected chi connectivity index (χ1v) is 15.5. The van der Waals surface area contributed by atoms with Crippen molar-refractivity contribution >= 4 is 0 Å². The van der Waals surface area contributed by atoms with E-state index < -0.39 is 111 Å². The Bertz CT molecular complexity index is 1130. The minimum Gasteiger partial charge on any atom is -0.394 e. The third-order valence-corrected chi connectivity index (χ3v) is 9.06. The van der Waals surface area contributed by atoms with Crippen molar-refractivity contribution in [1.82, 2.24) is 0 Å². The molecular weight excluding hydrogens is 624 g/mol. The molecule has 15 heteroatoms. The van der Waals surface area contributed by atoms with Crippen LogP contribution in [0.25, 0.3) is 0 Å². The molecule has 0 aromatic heterocycles. The molecule has 2 aromatic carbocycles. The number of rotatable bonds is 12. The summed E-state index contributed by atoms with van der Waals surface area (Å²) in [4.78, 5) is 0. The van der Waals surface area contributed by atoms with Gasteiger partial charge in [0.15, 0.2) is 0 Å². The van der Waals surface area contributed by atoms with Crippen LogP contribution in [0.4, 0.5) is 0 Å². The predicted molar refractivity (Wildman–Crippen MR) is 158 cm³/mol. The fourth-order valence-corrected chi connectivity index (χ4v) is 6.39. The van der Waals surface area contributed by atoms with Crippen molar-refractivity contribution in [3.63, 3.8) is 0 Å². The molecule has 3 fully saturated rings. The molecule has 0 bridgehead atoms. The fourth-order valence-electron chi connectivity index (χ4n) is 6.39. The average molecular weight is 669 g/mol. The largest absolute Gasteiger partial charge is 0.394 e. The van der Waals surface area contributed by atoms with Gasteiger partial charge in [0, 0.05) is 0 Å². The molecule has 2 unspecified atom stereocenters. The molecule has 16 atom stereocenters. The summed E-state index contributed by atoms with van der Waals surface area (Å²) in [6, 6.07) is 17.7. The molecule has 0 radical (unpaired) electrons. The van der Waals surface area contributed by atoms with Crippen LogP contribution in [-0.4, -0.2) is 162 Å². The van der Waals surface area contributed by atoms with Gasteiger partial charge in [-0.05, 0) is 11.1 Å². The maximum atomic E-state index is 11.3. The van der Waals surface area contributed by atoms with Gasteiger partial charge in [0.05, 0.1) is 26.4 Å². The first-order valence-electron chi connectivity index (χ1n) is 15.5. The highest BCUT2D eigenvalue weighted by Gasteiger charge is 2.58. The highest BCUT2D eigenvalue weighted by molar-refractivity contribution is 5.15. The van der Waals surface area contributed by atoms with E-state index in [2.05, 4.69) is 0 Å². The first-order chi connectivity index (χ1) is 22.6. The smallest absolute Gasteiger partial charge is 0.115 e. The normalized spacial score (nSPS) is 40.6. The van der Waals surface area contributed by atoms with Crippen molar-refractivity contribution in [2.24, 2.45) is 0 Å². The zero-order chi connectivity index (χ0) is 33.8. The van der Waals surface area contributed by atoms with E-state index >= 15 is 0 Å². The number of hydrogen-bond acceptors (Lipinski definition) is 15. The minimum absolute atomic E-state index is 0.0283. The lowest BCUT2D eigenvalue weighted by atomic mass is 9.87. The van der Waals surface area contributed by atoms with Gasteiger partial charge in [-0.15, -0.1) is 0 Å². The van der Waals surface area contributed by atoms with Crippen molar-refractivity contribution < 1.29 is 74.7 Å². The lowest BCUT2D eigenvalue weighted by Gasteiger charge is -2.45. The number of ether oxygens (including phenoxy) is 5. The summed E-state index contributed by atoms with van der Waals surface area (Å²) in [5.74, 6) is 0. The topological polar surface area (TPSA) is 248 Å². The van der Waals surface area contributed by atoms with Crippen LogP contribution in [0.3, 0.4) is 0 Å². The van der Waals surface area contributed by atoms with Crippen LogP contribution < -0.4 is 0 Å². The molecule has 262 valence electrons. The third-order valence-electron chi connectivity index (χ3n) is 9.06. The van der Waals surface area contributed by atoms with Gasteiger partial charge >= 0.3 is 0 Å². The molecule has 15 nitrogen and oxygen atoms in total. The molecule has 0 saturated carbocycles. The zero-order valence-electron chi connectivity index (χ0n) is 25.4. The summed E-state index contributed by atoms with van der Waals surface area (Å²) in [5, 5.41) is 108. The van der Waals surface area contributed by atoms with Crippen molar-refractivity contribution in [1.29, 1.82) is 0 Å².